The van der Waals surface area contributed by atoms with E-state index in [2.05, 4.69) is 19.3 Å². The highest BCUT2D eigenvalue weighted by Crippen LogP contribution is 2.39. The maximum Gasteiger partial charge on any atom is 0.0123 e. The van der Waals surface area contributed by atoms with E-state index in [-0.39, 0.29) is 0 Å². The summed E-state index contributed by atoms with van der Waals surface area (Å²) in [6, 6.07) is 0.822. The minimum Gasteiger partial charge on any atom is -0.316 e. The van der Waals surface area contributed by atoms with Crippen LogP contribution in [0.25, 0.3) is 0 Å². The zero-order chi connectivity index (χ0) is 10.7. The minimum absolute atomic E-state index is 0.822. The molecule has 0 saturated heterocycles. The van der Waals surface area contributed by atoms with Gasteiger partial charge in [-0.05, 0) is 44.1 Å². The maximum absolute atomic E-state index is 3.64. The van der Waals surface area contributed by atoms with Gasteiger partial charge in [-0.3, -0.25) is 0 Å². The molecule has 2 saturated carbocycles. The summed E-state index contributed by atoms with van der Waals surface area (Å²) < 4.78 is 0. The van der Waals surface area contributed by atoms with Crippen LogP contribution in [-0.4, -0.2) is 13.1 Å². The summed E-state index contributed by atoms with van der Waals surface area (Å²) >= 11 is 0. The number of hydrogen-bond acceptors (Lipinski definition) is 1. The maximum atomic E-state index is 3.64. The molecule has 0 spiro atoms. The highest BCUT2D eigenvalue weighted by Gasteiger charge is 2.34. The van der Waals surface area contributed by atoms with Crippen LogP contribution in [0, 0.1) is 17.8 Å². The third kappa shape index (κ3) is 2.55. The van der Waals surface area contributed by atoms with Crippen LogP contribution in [0.5, 0.6) is 0 Å². The molecular formula is C14H27N. The fourth-order valence-corrected chi connectivity index (χ4v) is 4.00. The molecular weight excluding hydrogens is 182 g/mol. The van der Waals surface area contributed by atoms with Crippen molar-refractivity contribution >= 4 is 0 Å². The molecule has 0 bridgehead atoms. The Hall–Kier alpha value is -0.0400. The lowest BCUT2D eigenvalue weighted by Gasteiger charge is -2.36. The van der Waals surface area contributed by atoms with Crippen molar-refractivity contribution in [2.75, 3.05) is 7.05 Å². The van der Waals surface area contributed by atoms with Gasteiger partial charge in [0.15, 0.2) is 0 Å². The van der Waals surface area contributed by atoms with Crippen LogP contribution in [0.2, 0.25) is 0 Å². The van der Waals surface area contributed by atoms with Gasteiger partial charge in [-0.15, -0.1) is 0 Å². The molecule has 2 rings (SSSR count). The van der Waals surface area contributed by atoms with Gasteiger partial charge in [0.25, 0.3) is 0 Å². The standard InChI is InChI=1S/C14H27N/c1-11-7-6-10-13(11)14(15-2)12-8-4-3-5-9-12/h11-15H,3-10H2,1-2H3. The van der Waals surface area contributed by atoms with Gasteiger partial charge in [0.2, 0.25) is 0 Å². The molecule has 3 unspecified atom stereocenters. The lowest BCUT2D eigenvalue weighted by atomic mass is 9.76. The Bertz CT molecular complexity index is 184. The van der Waals surface area contributed by atoms with E-state index in [9.17, 15) is 0 Å². The minimum atomic E-state index is 0.822. The Morgan fingerprint density at radius 2 is 1.67 bits per heavy atom. The fourth-order valence-electron chi connectivity index (χ4n) is 4.00. The third-order valence-electron chi connectivity index (χ3n) is 4.88. The van der Waals surface area contributed by atoms with Crippen molar-refractivity contribution in [3.63, 3.8) is 0 Å². The molecule has 0 radical (unpaired) electrons. The van der Waals surface area contributed by atoms with Gasteiger partial charge in [0, 0.05) is 6.04 Å². The first-order chi connectivity index (χ1) is 7.33. The van der Waals surface area contributed by atoms with Gasteiger partial charge in [0.1, 0.15) is 0 Å². The Labute approximate surface area is 95.0 Å². The molecule has 88 valence electrons. The normalized spacial score (nSPS) is 35.6. The average molecular weight is 209 g/mol. The van der Waals surface area contributed by atoms with Crippen molar-refractivity contribution in [3.05, 3.63) is 0 Å². The van der Waals surface area contributed by atoms with E-state index < -0.39 is 0 Å². The molecule has 2 aliphatic carbocycles. The second kappa shape index (κ2) is 5.34. The Kier molecular flexibility index (Phi) is 4.07. The molecule has 0 amide bonds. The molecule has 0 aliphatic heterocycles. The van der Waals surface area contributed by atoms with Crippen LogP contribution in [0.1, 0.15) is 58.3 Å². The second-order valence-electron chi connectivity index (χ2n) is 5.78. The summed E-state index contributed by atoms with van der Waals surface area (Å²) in [7, 11) is 2.18. The van der Waals surface area contributed by atoms with Gasteiger partial charge < -0.3 is 5.32 Å². The zero-order valence-electron chi connectivity index (χ0n) is 10.5. The monoisotopic (exact) mass is 209 g/mol. The van der Waals surface area contributed by atoms with Gasteiger partial charge in [-0.1, -0.05) is 39.0 Å². The van der Waals surface area contributed by atoms with Crippen LogP contribution in [0.3, 0.4) is 0 Å². The summed E-state index contributed by atoms with van der Waals surface area (Å²) in [4.78, 5) is 0. The van der Waals surface area contributed by atoms with Gasteiger partial charge in [0.05, 0.1) is 0 Å². The van der Waals surface area contributed by atoms with E-state index >= 15 is 0 Å². The Balaban J connectivity index is 1.95. The third-order valence-corrected chi connectivity index (χ3v) is 4.88. The summed E-state index contributed by atoms with van der Waals surface area (Å²) in [5.74, 6) is 2.91. The van der Waals surface area contributed by atoms with Crippen LogP contribution in [0.4, 0.5) is 0 Å². The summed E-state index contributed by atoms with van der Waals surface area (Å²) in [5, 5.41) is 3.64. The average Bonchev–Trinajstić information content (AvgIpc) is 2.68. The van der Waals surface area contributed by atoms with E-state index in [1.807, 2.05) is 0 Å². The number of rotatable bonds is 3. The largest absolute Gasteiger partial charge is 0.316 e. The first-order valence-electron chi connectivity index (χ1n) is 7.00. The molecule has 15 heavy (non-hydrogen) atoms. The number of nitrogens with one attached hydrogen (secondary N) is 1. The highest BCUT2D eigenvalue weighted by molar-refractivity contribution is 4.89. The predicted molar refractivity (Wildman–Crippen MR) is 65.9 cm³/mol. The SMILES string of the molecule is CNC(C1CCCCC1)C1CCCC1C. The first-order valence-corrected chi connectivity index (χ1v) is 7.00. The van der Waals surface area contributed by atoms with Gasteiger partial charge in [-0.2, -0.15) is 0 Å². The Morgan fingerprint density at radius 3 is 2.20 bits per heavy atom. The van der Waals surface area contributed by atoms with E-state index in [0.717, 1.165) is 23.8 Å². The first kappa shape index (κ1) is 11.4. The van der Waals surface area contributed by atoms with E-state index in [0.29, 0.717) is 0 Å². The molecule has 0 aromatic carbocycles. The van der Waals surface area contributed by atoms with Crippen LogP contribution >= 0.6 is 0 Å². The van der Waals surface area contributed by atoms with Crippen molar-refractivity contribution in [1.82, 2.24) is 5.32 Å². The van der Waals surface area contributed by atoms with Crippen LogP contribution < -0.4 is 5.32 Å². The molecule has 2 aliphatic rings. The van der Waals surface area contributed by atoms with E-state index in [1.165, 1.54) is 51.4 Å². The summed E-state index contributed by atoms with van der Waals surface area (Å²) in [6.45, 7) is 2.46. The molecule has 0 aromatic rings. The smallest absolute Gasteiger partial charge is 0.0123 e. The molecule has 1 nitrogen and oxygen atoms in total. The van der Waals surface area contributed by atoms with E-state index in [4.69, 9.17) is 0 Å². The van der Waals surface area contributed by atoms with Crippen LogP contribution in [0.15, 0.2) is 0 Å². The summed E-state index contributed by atoms with van der Waals surface area (Å²) in [5.41, 5.74) is 0. The van der Waals surface area contributed by atoms with Crippen molar-refractivity contribution in [1.29, 1.82) is 0 Å². The Morgan fingerprint density at radius 1 is 0.933 bits per heavy atom. The molecule has 1 heteroatoms. The predicted octanol–water partition coefficient (Wildman–Crippen LogP) is 3.59. The second-order valence-corrected chi connectivity index (χ2v) is 5.78. The van der Waals surface area contributed by atoms with Crippen molar-refractivity contribution < 1.29 is 0 Å². The van der Waals surface area contributed by atoms with Gasteiger partial charge >= 0.3 is 0 Å². The highest BCUT2D eigenvalue weighted by atomic mass is 14.9. The number of hydrogen-bond donors (Lipinski definition) is 1. The van der Waals surface area contributed by atoms with Crippen molar-refractivity contribution in [3.8, 4) is 0 Å². The quantitative estimate of drug-likeness (QED) is 0.749. The van der Waals surface area contributed by atoms with Crippen LogP contribution in [-0.2, 0) is 0 Å². The molecule has 0 aromatic heterocycles. The molecule has 0 heterocycles. The van der Waals surface area contributed by atoms with E-state index in [1.54, 1.807) is 0 Å². The zero-order valence-corrected chi connectivity index (χ0v) is 10.5. The lowest BCUT2D eigenvalue weighted by molar-refractivity contribution is 0.190. The topological polar surface area (TPSA) is 12.0 Å². The molecule has 3 atom stereocenters. The molecule has 2 fully saturated rings. The van der Waals surface area contributed by atoms with Gasteiger partial charge in [-0.25, -0.2) is 0 Å². The summed E-state index contributed by atoms with van der Waals surface area (Å²) in [6.07, 6.45) is 11.8. The van der Waals surface area contributed by atoms with Crippen molar-refractivity contribution in [2.24, 2.45) is 17.8 Å². The van der Waals surface area contributed by atoms with Crippen molar-refractivity contribution in [2.45, 2.75) is 64.3 Å². The fraction of sp³-hybridized carbons (Fsp3) is 1.00. The lowest BCUT2D eigenvalue weighted by Crippen LogP contribution is -2.42. The molecule has 1 N–H and O–H groups in total.